The average molecular weight is 258 g/mol. The van der Waals surface area contributed by atoms with Crippen molar-refractivity contribution in [2.45, 2.75) is 6.42 Å². The summed E-state index contributed by atoms with van der Waals surface area (Å²) in [5.74, 6) is -0.235. The molecule has 86 valence electrons. The van der Waals surface area contributed by atoms with E-state index in [0.29, 0.717) is 5.75 Å². The Morgan fingerprint density at radius 1 is 1.25 bits per heavy atom. The molecular formula is C9H12FNaO4S. The zero-order valence-corrected chi connectivity index (χ0v) is 8.71. The number of benzene rings is 1. The van der Waals surface area contributed by atoms with E-state index >= 15 is 0 Å². The van der Waals surface area contributed by atoms with E-state index in [1.165, 1.54) is 24.3 Å². The molecule has 0 aliphatic heterocycles. The van der Waals surface area contributed by atoms with Crippen molar-refractivity contribution in [1.82, 2.24) is 0 Å². The van der Waals surface area contributed by atoms with E-state index in [0.717, 1.165) is 0 Å². The standard InChI is InChI=1S/C9H11FO4S.Na.H/c10-8-2-4-9(5-3-8)14-6-1-7-15(11,12)13;;/h2-5H,1,6-7H2,(H,11,12,13);;. The Morgan fingerprint density at radius 3 is 2.31 bits per heavy atom. The number of rotatable bonds is 5. The van der Waals surface area contributed by atoms with Crippen LogP contribution < -0.4 is 4.74 Å². The van der Waals surface area contributed by atoms with Gasteiger partial charge in [-0.05, 0) is 30.7 Å². The van der Waals surface area contributed by atoms with Crippen LogP contribution in [0.5, 0.6) is 5.75 Å². The first kappa shape index (κ1) is 15.9. The van der Waals surface area contributed by atoms with Gasteiger partial charge in [0, 0.05) is 0 Å². The van der Waals surface area contributed by atoms with Gasteiger partial charge in [0.25, 0.3) is 10.1 Å². The summed E-state index contributed by atoms with van der Waals surface area (Å²) in [6.07, 6.45) is 0.191. The van der Waals surface area contributed by atoms with Crippen LogP contribution >= 0.6 is 0 Å². The van der Waals surface area contributed by atoms with Crippen LogP contribution in [0.1, 0.15) is 6.42 Å². The molecule has 0 heterocycles. The van der Waals surface area contributed by atoms with E-state index < -0.39 is 10.1 Å². The van der Waals surface area contributed by atoms with Gasteiger partial charge in [-0.2, -0.15) is 8.42 Å². The Kier molecular flexibility index (Phi) is 7.17. The van der Waals surface area contributed by atoms with Crippen LogP contribution in [0.15, 0.2) is 24.3 Å². The van der Waals surface area contributed by atoms with Crippen LogP contribution in [0, 0.1) is 5.82 Å². The fourth-order valence-electron chi connectivity index (χ4n) is 0.962. The minimum absolute atomic E-state index is 0. The SMILES string of the molecule is O=S(=O)(O)CCCOc1ccc(F)cc1.[NaH]. The molecule has 7 heteroatoms. The second-order valence-corrected chi connectivity index (χ2v) is 4.51. The van der Waals surface area contributed by atoms with E-state index in [4.69, 9.17) is 9.29 Å². The Labute approximate surface area is 116 Å². The van der Waals surface area contributed by atoms with Gasteiger partial charge in [-0.15, -0.1) is 0 Å². The third kappa shape index (κ3) is 7.19. The summed E-state index contributed by atoms with van der Waals surface area (Å²) in [5.41, 5.74) is 0. The second-order valence-electron chi connectivity index (χ2n) is 2.94. The fraction of sp³-hybridized carbons (Fsp3) is 0.333. The van der Waals surface area contributed by atoms with E-state index in [1.807, 2.05) is 0 Å². The number of hydrogen-bond donors (Lipinski definition) is 1. The molecule has 0 amide bonds. The third-order valence-corrected chi connectivity index (χ3v) is 2.43. The van der Waals surface area contributed by atoms with E-state index in [1.54, 1.807) is 0 Å². The molecule has 1 aromatic carbocycles. The quantitative estimate of drug-likeness (QED) is 0.483. The first-order chi connectivity index (χ1) is 6.97. The van der Waals surface area contributed by atoms with Crippen LogP contribution in [0.25, 0.3) is 0 Å². The van der Waals surface area contributed by atoms with Gasteiger partial charge in [0.15, 0.2) is 0 Å². The summed E-state index contributed by atoms with van der Waals surface area (Å²) < 4.78 is 46.7. The predicted molar refractivity (Wildman–Crippen MR) is 60.1 cm³/mol. The molecule has 1 rings (SSSR count). The van der Waals surface area contributed by atoms with Gasteiger partial charge in [0.05, 0.1) is 12.4 Å². The zero-order valence-electron chi connectivity index (χ0n) is 7.89. The maximum absolute atomic E-state index is 12.5. The molecule has 0 radical (unpaired) electrons. The van der Waals surface area contributed by atoms with Crippen molar-refractivity contribution in [3.8, 4) is 5.75 Å². The molecular weight excluding hydrogens is 246 g/mol. The fourth-order valence-corrected chi connectivity index (χ4v) is 1.44. The van der Waals surface area contributed by atoms with Crippen molar-refractivity contribution in [1.29, 1.82) is 0 Å². The maximum atomic E-state index is 12.5. The Balaban J connectivity index is 0.00000225. The van der Waals surface area contributed by atoms with Crippen LogP contribution in [-0.2, 0) is 10.1 Å². The van der Waals surface area contributed by atoms with Crippen molar-refractivity contribution in [3.05, 3.63) is 30.1 Å². The second kappa shape index (κ2) is 7.24. The van der Waals surface area contributed by atoms with Gasteiger partial charge in [-0.1, -0.05) is 0 Å². The summed E-state index contributed by atoms with van der Waals surface area (Å²) in [7, 11) is -3.93. The molecule has 0 saturated heterocycles. The first-order valence-electron chi connectivity index (χ1n) is 4.31. The van der Waals surface area contributed by atoms with Gasteiger partial charge in [0.2, 0.25) is 0 Å². The summed E-state index contributed by atoms with van der Waals surface area (Å²) in [6, 6.07) is 5.39. The molecule has 4 nitrogen and oxygen atoms in total. The molecule has 0 unspecified atom stereocenters. The third-order valence-electron chi connectivity index (χ3n) is 1.63. The molecule has 0 spiro atoms. The molecule has 0 atom stereocenters. The van der Waals surface area contributed by atoms with Crippen molar-refractivity contribution in [3.63, 3.8) is 0 Å². The van der Waals surface area contributed by atoms with Gasteiger partial charge in [0.1, 0.15) is 11.6 Å². The molecule has 1 aromatic rings. The van der Waals surface area contributed by atoms with Crippen molar-refractivity contribution in [2.24, 2.45) is 0 Å². The van der Waals surface area contributed by atoms with E-state index in [-0.39, 0.29) is 54.2 Å². The Morgan fingerprint density at radius 2 is 1.81 bits per heavy atom. The molecule has 0 fully saturated rings. The summed E-state index contributed by atoms with van der Waals surface area (Å²) in [4.78, 5) is 0. The topological polar surface area (TPSA) is 63.6 Å². The van der Waals surface area contributed by atoms with Crippen LogP contribution in [-0.4, -0.2) is 54.9 Å². The number of ether oxygens (including phenoxy) is 1. The molecule has 0 bridgehead atoms. The van der Waals surface area contributed by atoms with Gasteiger partial charge in [-0.25, -0.2) is 4.39 Å². The van der Waals surface area contributed by atoms with Crippen molar-refractivity contribution >= 4 is 39.7 Å². The molecule has 16 heavy (non-hydrogen) atoms. The molecule has 0 saturated carbocycles. The predicted octanol–water partition coefficient (Wildman–Crippen LogP) is 0.834. The first-order valence-corrected chi connectivity index (χ1v) is 5.92. The van der Waals surface area contributed by atoms with Gasteiger partial charge in [-0.3, -0.25) is 4.55 Å². The monoisotopic (exact) mass is 258 g/mol. The van der Waals surface area contributed by atoms with Crippen LogP contribution in [0.4, 0.5) is 4.39 Å². The summed E-state index contributed by atoms with van der Waals surface area (Å²) in [6.45, 7) is 0.158. The van der Waals surface area contributed by atoms with Crippen molar-refractivity contribution < 1.29 is 22.1 Å². The number of halogens is 1. The van der Waals surface area contributed by atoms with Crippen molar-refractivity contribution in [2.75, 3.05) is 12.4 Å². The van der Waals surface area contributed by atoms with Crippen LogP contribution in [0.3, 0.4) is 0 Å². The Bertz CT molecular complexity index is 404. The molecule has 0 aliphatic carbocycles. The average Bonchev–Trinajstić information content (AvgIpc) is 2.14. The number of hydrogen-bond acceptors (Lipinski definition) is 3. The van der Waals surface area contributed by atoms with E-state index in [9.17, 15) is 12.8 Å². The molecule has 1 N–H and O–H groups in total. The van der Waals surface area contributed by atoms with Crippen LogP contribution in [0.2, 0.25) is 0 Å². The summed E-state index contributed by atoms with van der Waals surface area (Å²) in [5, 5.41) is 0. The minimum atomic E-state index is -3.93. The van der Waals surface area contributed by atoms with Gasteiger partial charge >= 0.3 is 29.6 Å². The Hall–Kier alpha value is -0.140. The molecule has 0 aromatic heterocycles. The van der Waals surface area contributed by atoms with E-state index in [2.05, 4.69) is 0 Å². The zero-order chi connectivity index (χ0) is 11.3. The normalized spacial score (nSPS) is 10.6. The molecule has 0 aliphatic rings. The summed E-state index contributed by atoms with van der Waals surface area (Å²) >= 11 is 0. The van der Waals surface area contributed by atoms with Gasteiger partial charge < -0.3 is 4.74 Å².